The Kier molecular flexibility index (Phi) is 6.85. The molecule has 5 heteroatoms. The van der Waals surface area contributed by atoms with Gasteiger partial charge in [0.2, 0.25) is 0 Å². The molecular formula is C22H23ClN4. The molecule has 0 aliphatic rings. The Bertz CT molecular complexity index is 1000. The maximum absolute atomic E-state index is 5.95. The molecule has 0 saturated heterocycles. The molecule has 0 radical (unpaired) electrons. The molecule has 1 N–H and O–H groups in total. The fraction of sp³-hybridized carbons (Fsp3) is 0.136. The lowest BCUT2D eigenvalue weighted by Gasteiger charge is -2.11. The number of hydrogen-bond acceptors (Lipinski definition) is 4. The van der Waals surface area contributed by atoms with Crippen LogP contribution in [0, 0.1) is 0 Å². The Morgan fingerprint density at radius 3 is 2.15 bits per heavy atom. The molecular weight excluding hydrogens is 356 g/mol. The molecule has 0 aliphatic heterocycles. The molecule has 27 heavy (non-hydrogen) atoms. The topological polar surface area (TPSA) is 50.7 Å². The summed E-state index contributed by atoms with van der Waals surface area (Å²) in [4.78, 5) is 4.06. The SMILES string of the molecule is C.C.Clc1ccc(Nc2nnc(Cc3ccncc3)c3ccccc23)cc1. The minimum Gasteiger partial charge on any atom is -0.338 e. The lowest BCUT2D eigenvalue weighted by atomic mass is 10.0. The van der Waals surface area contributed by atoms with E-state index < -0.39 is 0 Å². The van der Waals surface area contributed by atoms with Gasteiger partial charge in [-0.3, -0.25) is 4.98 Å². The van der Waals surface area contributed by atoms with Crippen LogP contribution < -0.4 is 5.32 Å². The second-order valence-electron chi connectivity index (χ2n) is 5.71. The number of rotatable bonds is 4. The molecule has 2 heterocycles. The van der Waals surface area contributed by atoms with Gasteiger partial charge in [-0.1, -0.05) is 50.7 Å². The number of nitrogens with zero attached hydrogens (tertiary/aromatic N) is 3. The highest BCUT2D eigenvalue weighted by Gasteiger charge is 2.10. The maximum Gasteiger partial charge on any atom is 0.160 e. The summed E-state index contributed by atoms with van der Waals surface area (Å²) >= 11 is 5.95. The summed E-state index contributed by atoms with van der Waals surface area (Å²) in [5.41, 5.74) is 3.03. The summed E-state index contributed by atoms with van der Waals surface area (Å²) in [7, 11) is 0. The van der Waals surface area contributed by atoms with Gasteiger partial charge in [0, 0.05) is 40.3 Å². The Hall–Kier alpha value is -2.98. The minimum absolute atomic E-state index is 0. The Morgan fingerprint density at radius 2 is 1.44 bits per heavy atom. The molecule has 2 aromatic carbocycles. The molecule has 0 bridgehead atoms. The fourth-order valence-electron chi connectivity index (χ4n) is 2.75. The minimum atomic E-state index is 0. The van der Waals surface area contributed by atoms with Crippen molar-refractivity contribution in [3.05, 3.63) is 89.3 Å². The van der Waals surface area contributed by atoms with Crippen LogP contribution in [0.3, 0.4) is 0 Å². The third-order valence-corrected chi connectivity index (χ3v) is 4.24. The van der Waals surface area contributed by atoms with E-state index in [4.69, 9.17) is 11.6 Å². The molecule has 0 fully saturated rings. The van der Waals surface area contributed by atoms with Gasteiger partial charge in [0.1, 0.15) is 0 Å². The van der Waals surface area contributed by atoms with Gasteiger partial charge in [-0.2, -0.15) is 5.10 Å². The van der Waals surface area contributed by atoms with E-state index in [1.165, 1.54) is 0 Å². The van der Waals surface area contributed by atoms with Crippen LogP contribution >= 0.6 is 11.6 Å². The van der Waals surface area contributed by atoms with Crippen LogP contribution in [0.1, 0.15) is 26.1 Å². The van der Waals surface area contributed by atoms with Crippen LogP contribution in [0.2, 0.25) is 5.02 Å². The third kappa shape index (κ3) is 4.60. The van der Waals surface area contributed by atoms with Crippen LogP contribution in [0.25, 0.3) is 10.8 Å². The number of hydrogen-bond donors (Lipinski definition) is 1. The second kappa shape index (κ2) is 9.10. The van der Waals surface area contributed by atoms with E-state index in [-0.39, 0.29) is 14.9 Å². The molecule has 4 nitrogen and oxygen atoms in total. The lowest BCUT2D eigenvalue weighted by Crippen LogP contribution is -2.02. The average molecular weight is 379 g/mol. The number of nitrogens with one attached hydrogen (secondary N) is 1. The van der Waals surface area contributed by atoms with Gasteiger partial charge in [0.25, 0.3) is 0 Å². The molecule has 0 unspecified atom stereocenters. The van der Waals surface area contributed by atoms with Crippen molar-refractivity contribution in [1.29, 1.82) is 0 Å². The number of anilines is 2. The molecule has 0 saturated carbocycles. The van der Waals surface area contributed by atoms with Gasteiger partial charge in [-0.25, -0.2) is 0 Å². The van der Waals surface area contributed by atoms with Gasteiger partial charge in [0.15, 0.2) is 5.82 Å². The molecule has 0 amide bonds. The van der Waals surface area contributed by atoms with Crippen molar-refractivity contribution in [3.8, 4) is 0 Å². The zero-order valence-electron chi connectivity index (χ0n) is 13.4. The first-order chi connectivity index (χ1) is 12.3. The van der Waals surface area contributed by atoms with Crippen molar-refractivity contribution in [3.63, 3.8) is 0 Å². The van der Waals surface area contributed by atoms with Crippen molar-refractivity contribution in [2.45, 2.75) is 21.3 Å². The fourth-order valence-corrected chi connectivity index (χ4v) is 2.87. The molecule has 4 aromatic rings. The smallest absolute Gasteiger partial charge is 0.160 e. The Labute approximate surface area is 165 Å². The lowest BCUT2D eigenvalue weighted by molar-refractivity contribution is 0.960. The van der Waals surface area contributed by atoms with E-state index in [0.717, 1.165) is 40.0 Å². The largest absolute Gasteiger partial charge is 0.338 e. The number of aromatic nitrogens is 3. The summed E-state index contributed by atoms with van der Waals surface area (Å²) in [6.07, 6.45) is 4.31. The van der Waals surface area contributed by atoms with Crippen LogP contribution in [-0.4, -0.2) is 15.2 Å². The van der Waals surface area contributed by atoms with E-state index in [0.29, 0.717) is 5.02 Å². The summed E-state index contributed by atoms with van der Waals surface area (Å²) < 4.78 is 0. The zero-order valence-corrected chi connectivity index (χ0v) is 14.1. The molecule has 0 atom stereocenters. The van der Waals surface area contributed by atoms with Gasteiger partial charge >= 0.3 is 0 Å². The molecule has 138 valence electrons. The monoisotopic (exact) mass is 378 g/mol. The first-order valence-corrected chi connectivity index (χ1v) is 8.33. The molecule has 4 rings (SSSR count). The first kappa shape index (κ1) is 20.3. The predicted octanol–water partition coefficient (Wildman–Crippen LogP) is 6.28. The van der Waals surface area contributed by atoms with E-state index >= 15 is 0 Å². The summed E-state index contributed by atoms with van der Waals surface area (Å²) in [6.45, 7) is 0. The first-order valence-electron chi connectivity index (χ1n) is 7.95. The van der Waals surface area contributed by atoms with E-state index in [1.807, 2.05) is 48.5 Å². The highest BCUT2D eigenvalue weighted by atomic mass is 35.5. The normalized spacial score (nSPS) is 9.96. The van der Waals surface area contributed by atoms with E-state index in [9.17, 15) is 0 Å². The van der Waals surface area contributed by atoms with Crippen LogP contribution in [0.5, 0.6) is 0 Å². The predicted molar refractivity (Wildman–Crippen MR) is 115 cm³/mol. The second-order valence-corrected chi connectivity index (χ2v) is 6.14. The van der Waals surface area contributed by atoms with Crippen LogP contribution in [0.15, 0.2) is 73.1 Å². The molecule has 0 spiro atoms. The van der Waals surface area contributed by atoms with Crippen LogP contribution in [0.4, 0.5) is 11.5 Å². The summed E-state index contributed by atoms with van der Waals surface area (Å²) in [5, 5.41) is 15.0. The van der Waals surface area contributed by atoms with Gasteiger partial charge in [0.05, 0.1) is 5.69 Å². The number of fused-ring (bicyclic) bond motifs is 1. The van der Waals surface area contributed by atoms with Gasteiger partial charge in [-0.15, -0.1) is 5.10 Å². The standard InChI is InChI=1S/C20H15ClN4.2CH4/c21-15-5-7-16(8-6-15)23-20-18-4-2-1-3-17(18)19(24-25-20)13-14-9-11-22-12-10-14;;/h1-12H,13H2,(H,23,25);2*1H4. The highest BCUT2D eigenvalue weighted by Crippen LogP contribution is 2.27. The van der Waals surface area contributed by atoms with Gasteiger partial charge in [-0.05, 0) is 42.0 Å². The highest BCUT2D eigenvalue weighted by molar-refractivity contribution is 6.30. The maximum atomic E-state index is 5.95. The van der Waals surface area contributed by atoms with Crippen LogP contribution in [-0.2, 0) is 6.42 Å². The van der Waals surface area contributed by atoms with Gasteiger partial charge < -0.3 is 5.32 Å². The number of halogens is 1. The van der Waals surface area contributed by atoms with E-state index in [2.05, 4.69) is 32.6 Å². The van der Waals surface area contributed by atoms with Crippen molar-refractivity contribution >= 4 is 33.9 Å². The van der Waals surface area contributed by atoms with Crippen molar-refractivity contribution in [2.24, 2.45) is 0 Å². The van der Waals surface area contributed by atoms with Crippen molar-refractivity contribution in [2.75, 3.05) is 5.32 Å². The summed E-state index contributed by atoms with van der Waals surface area (Å²) in [5.74, 6) is 0.733. The zero-order chi connectivity index (χ0) is 17.1. The third-order valence-electron chi connectivity index (χ3n) is 3.99. The number of pyridine rings is 1. The van der Waals surface area contributed by atoms with E-state index in [1.54, 1.807) is 12.4 Å². The summed E-state index contributed by atoms with van der Waals surface area (Å²) in [6, 6.07) is 19.7. The Balaban J connectivity index is 0.00000131. The van der Waals surface area contributed by atoms with Crippen molar-refractivity contribution in [1.82, 2.24) is 15.2 Å². The Morgan fingerprint density at radius 1 is 0.778 bits per heavy atom. The quantitative estimate of drug-likeness (QED) is 0.453. The number of benzene rings is 2. The molecule has 0 aliphatic carbocycles. The average Bonchev–Trinajstić information content (AvgIpc) is 2.66. The van der Waals surface area contributed by atoms with Crippen molar-refractivity contribution < 1.29 is 0 Å². The molecule has 2 aromatic heterocycles.